The number of likely N-dealkylation sites (tertiary alicyclic amines) is 1. The molecule has 4 heteroatoms. The molecule has 136 valence electrons. The summed E-state index contributed by atoms with van der Waals surface area (Å²) in [5, 5.41) is 0. The Morgan fingerprint density at radius 2 is 1.92 bits per heavy atom. The molecule has 25 heavy (non-hydrogen) atoms. The molecular weight excluding hydrogens is 312 g/mol. The molecule has 1 saturated heterocycles. The molecule has 4 nitrogen and oxygen atoms in total. The number of carbonyl (C=O) groups is 1. The van der Waals surface area contributed by atoms with E-state index >= 15 is 0 Å². The van der Waals surface area contributed by atoms with Crippen molar-refractivity contribution >= 4 is 5.91 Å². The quantitative estimate of drug-likeness (QED) is 0.825. The minimum Gasteiger partial charge on any atom is -0.485 e. The number of hydrogen-bond acceptors (Lipinski definition) is 3. The molecule has 1 saturated carbocycles. The van der Waals surface area contributed by atoms with Gasteiger partial charge in [-0.2, -0.15) is 0 Å². The van der Waals surface area contributed by atoms with Crippen molar-refractivity contribution in [1.82, 2.24) is 9.80 Å². The van der Waals surface area contributed by atoms with Crippen molar-refractivity contribution in [2.75, 3.05) is 19.6 Å². The van der Waals surface area contributed by atoms with Crippen LogP contribution in [0, 0.1) is 5.92 Å². The Balaban J connectivity index is 1.59. The van der Waals surface area contributed by atoms with Gasteiger partial charge in [0.2, 0.25) is 5.91 Å². The van der Waals surface area contributed by atoms with Gasteiger partial charge in [0, 0.05) is 50.0 Å². The maximum atomic E-state index is 13.0. The average molecular weight is 342 g/mol. The second-order valence-electron chi connectivity index (χ2n) is 8.34. The van der Waals surface area contributed by atoms with E-state index in [1.165, 1.54) is 6.42 Å². The second kappa shape index (κ2) is 6.64. The number of benzene rings is 1. The van der Waals surface area contributed by atoms with Crippen molar-refractivity contribution in [2.24, 2.45) is 5.92 Å². The number of para-hydroxylation sites is 1. The fraction of sp³-hybridized carbons (Fsp3) is 0.667. The number of nitrogens with zero attached hydrogens (tertiary/aromatic N) is 2. The third kappa shape index (κ3) is 3.29. The zero-order chi connectivity index (χ0) is 17.4. The third-order valence-corrected chi connectivity index (χ3v) is 6.34. The first kappa shape index (κ1) is 16.9. The van der Waals surface area contributed by atoms with Crippen molar-refractivity contribution in [2.45, 2.75) is 64.1 Å². The summed E-state index contributed by atoms with van der Waals surface area (Å²) in [6.45, 7) is 8.04. The van der Waals surface area contributed by atoms with E-state index in [9.17, 15) is 4.79 Å². The first-order valence-corrected chi connectivity index (χ1v) is 9.86. The van der Waals surface area contributed by atoms with E-state index in [4.69, 9.17) is 4.74 Å². The molecule has 0 radical (unpaired) electrons. The van der Waals surface area contributed by atoms with Crippen LogP contribution >= 0.6 is 0 Å². The van der Waals surface area contributed by atoms with E-state index in [0.29, 0.717) is 18.5 Å². The van der Waals surface area contributed by atoms with E-state index in [1.54, 1.807) is 0 Å². The van der Waals surface area contributed by atoms with Crippen LogP contribution in [0.2, 0.25) is 0 Å². The van der Waals surface area contributed by atoms with E-state index in [2.05, 4.69) is 35.8 Å². The lowest BCUT2D eigenvalue weighted by atomic mass is 9.83. The van der Waals surface area contributed by atoms with Gasteiger partial charge in [-0.25, -0.2) is 0 Å². The molecule has 1 aromatic rings. The van der Waals surface area contributed by atoms with Crippen LogP contribution in [0.25, 0.3) is 0 Å². The van der Waals surface area contributed by atoms with E-state index in [0.717, 1.165) is 56.6 Å². The molecular formula is C21H30N2O2. The van der Waals surface area contributed by atoms with Gasteiger partial charge in [0.15, 0.2) is 0 Å². The number of piperidine rings is 1. The molecule has 2 aliphatic heterocycles. The number of rotatable bonds is 2. The van der Waals surface area contributed by atoms with Gasteiger partial charge >= 0.3 is 0 Å². The van der Waals surface area contributed by atoms with Crippen molar-refractivity contribution < 1.29 is 9.53 Å². The van der Waals surface area contributed by atoms with E-state index in [1.807, 2.05) is 12.1 Å². The summed E-state index contributed by atoms with van der Waals surface area (Å²) in [6.07, 6.45) is 5.31. The van der Waals surface area contributed by atoms with Gasteiger partial charge in [-0.1, -0.05) is 24.6 Å². The summed E-state index contributed by atoms with van der Waals surface area (Å²) in [7, 11) is 0. The lowest BCUT2D eigenvalue weighted by Crippen LogP contribution is -2.56. The van der Waals surface area contributed by atoms with Crippen LogP contribution in [0.5, 0.6) is 5.75 Å². The summed E-state index contributed by atoms with van der Waals surface area (Å²) < 4.78 is 6.60. The van der Waals surface area contributed by atoms with E-state index < -0.39 is 0 Å². The Labute approximate surface area is 151 Å². The number of carbonyl (C=O) groups excluding carboxylic acids is 1. The number of fused-ring (bicyclic) bond motifs is 1. The normalized spacial score (nSPS) is 23.7. The Bertz CT molecular complexity index is 631. The van der Waals surface area contributed by atoms with Gasteiger partial charge in [-0.15, -0.1) is 0 Å². The highest BCUT2D eigenvalue weighted by Crippen LogP contribution is 2.38. The van der Waals surface area contributed by atoms with Gasteiger partial charge in [0.25, 0.3) is 0 Å². The van der Waals surface area contributed by atoms with Gasteiger partial charge in [-0.05, 0) is 32.8 Å². The fourth-order valence-corrected chi connectivity index (χ4v) is 4.39. The molecule has 1 aromatic carbocycles. The monoisotopic (exact) mass is 342 g/mol. The molecule has 3 aliphatic rings. The summed E-state index contributed by atoms with van der Waals surface area (Å²) in [5.41, 5.74) is 0.926. The maximum Gasteiger partial charge on any atom is 0.226 e. The topological polar surface area (TPSA) is 32.8 Å². The molecule has 4 rings (SSSR count). The van der Waals surface area contributed by atoms with Crippen LogP contribution in [-0.4, -0.2) is 47.0 Å². The zero-order valence-electron chi connectivity index (χ0n) is 15.5. The summed E-state index contributed by atoms with van der Waals surface area (Å²) in [4.78, 5) is 17.6. The van der Waals surface area contributed by atoms with Crippen LogP contribution in [0.3, 0.4) is 0 Å². The standard InChI is InChI=1S/C21H30N2O2/c1-16(2)22-12-10-21(11-13-22)15-23(20(24)17-7-5-8-17)14-18-6-3-4-9-19(18)25-21/h3-4,6,9,16-17H,5,7-8,10-15H2,1-2H3. The molecule has 0 bridgehead atoms. The largest absolute Gasteiger partial charge is 0.485 e. The Kier molecular flexibility index (Phi) is 4.48. The van der Waals surface area contributed by atoms with Gasteiger partial charge < -0.3 is 14.5 Å². The van der Waals surface area contributed by atoms with Gasteiger partial charge in [0.1, 0.15) is 11.4 Å². The van der Waals surface area contributed by atoms with Crippen LogP contribution in [0.4, 0.5) is 0 Å². The molecule has 2 heterocycles. The van der Waals surface area contributed by atoms with Crippen molar-refractivity contribution in [1.29, 1.82) is 0 Å². The number of hydrogen-bond donors (Lipinski definition) is 0. The fourth-order valence-electron chi connectivity index (χ4n) is 4.39. The highest BCUT2D eigenvalue weighted by atomic mass is 16.5. The van der Waals surface area contributed by atoms with Crippen molar-refractivity contribution in [3.8, 4) is 5.75 Å². The lowest BCUT2D eigenvalue weighted by molar-refractivity contribution is -0.142. The molecule has 2 fully saturated rings. The Hall–Kier alpha value is -1.55. The molecule has 0 atom stereocenters. The summed E-state index contributed by atoms with van der Waals surface area (Å²) >= 11 is 0. The SMILES string of the molecule is CC(C)N1CCC2(CC1)CN(C(=O)C1CCC1)Cc1ccccc1O2. The van der Waals surface area contributed by atoms with Crippen LogP contribution < -0.4 is 4.74 Å². The maximum absolute atomic E-state index is 13.0. The molecule has 1 spiro atoms. The summed E-state index contributed by atoms with van der Waals surface area (Å²) in [5.74, 6) is 1.57. The smallest absolute Gasteiger partial charge is 0.226 e. The molecule has 0 aromatic heterocycles. The van der Waals surface area contributed by atoms with Crippen LogP contribution in [-0.2, 0) is 11.3 Å². The minimum absolute atomic E-state index is 0.225. The van der Waals surface area contributed by atoms with Crippen molar-refractivity contribution in [3.05, 3.63) is 29.8 Å². The number of amides is 1. The highest BCUT2D eigenvalue weighted by molar-refractivity contribution is 5.80. The predicted octanol–water partition coefficient (Wildman–Crippen LogP) is 3.45. The van der Waals surface area contributed by atoms with Crippen molar-refractivity contribution in [3.63, 3.8) is 0 Å². The third-order valence-electron chi connectivity index (χ3n) is 6.34. The average Bonchev–Trinajstić information content (AvgIpc) is 2.70. The van der Waals surface area contributed by atoms with Gasteiger partial charge in [0.05, 0.1) is 6.54 Å². The first-order valence-electron chi connectivity index (χ1n) is 9.86. The van der Waals surface area contributed by atoms with E-state index in [-0.39, 0.29) is 11.5 Å². The van der Waals surface area contributed by atoms with Crippen LogP contribution in [0.15, 0.2) is 24.3 Å². The molecule has 0 N–H and O–H groups in total. The van der Waals surface area contributed by atoms with Gasteiger partial charge in [-0.3, -0.25) is 4.79 Å². The highest BCUT2D eigenvalue weighted by Gasteiger charge is 2.43. The Morgan fingerprint density at radius 1 is 1.20 bits per heavy atom. The molecule has 1 amide bonds. The first-order chi connectivity index (χ1) is 12.1. The minimum atomic E-state index is -0.225. The second-order valence-corrected chi connectivity index (χ2v) is 8.34. The zero-order valence-corrected chi connectivity index (χ0v) is 15.5. The predicted molar refractivity (Wildman–Crippen MR) is 98.5 cm³/mol. The lowest BCUT2D eigenvalue weighted by Gasteiger charge is -2.44. The summed E-state index contributed by atoms with van der Waals surface area (Å²) in [6, 6.07) is 8.84. The molecule has 1 aliphatic carbocycles. The Morgan fingerprint density at radius 3 is 2.56 bits per heavy atom. The van der Waals surface area contributed by atoms with Crippen LogP contribution in [0.1, 0.15) is 51.5 Å². The number of ether oxygens (including phenoxy) is 1. The molecule has 0 unspecified atom stereocenters.